The maximum absolute atomic E-state index is 11.4. The molecule has 2 aromatic heterocycles. The maximum Gasteiger partial charge on any atom is 0.407 e. The predicted molar refractivity (Wildman–Crippen MR) is 108 cm³/mol. The van der Waals surface area contributed by atoms with Gasteiger partial charge in [0.2, 0.25) is 0 Å². The Morgan fingerprint density at radius 2 is 1.87 bits per heavy atom. The summed E-state index contributed by atoms with van der Waals surface area (Å²) in [6.07, 6.45) is -0.431. The zero-order valence-electron chi connectivity index (χ0n) is 15.9. The van der Waals surface area contributed by atoms with Gasteiger partial charge in [0.15, 0.2) is 5.65 Å². The number of ether oxygens (including phenoxy) is 1. The lowest BCUT2D eigenvalue weighted by Crippen LogP contribution is -2.35. The fourth-order valence-corrected chi connectivity index (χ4v) is 3.72. The lowest BCUT2D eigenvalue weighted by Gasteiger charge is -2.23. The third-order valence-electron chi connectivity index (χ3n) is 5.22. The van der Waals surface area contributed by atoms with E-state index < -0.39 is 6.09 Å². The van der Waals surface area contributed by atoms with E-state index in [-0.39, 0.29) is 6.54 Å². The fraction of sp³-hybridized carbons (Fsp3) is 0.136. The standard InChI is InChI=1S/C22H17N5O3/c23-12-17-20(14-6-8-16(9-7-14)30-15-4-2-1-3-5-15)25-27-19-13-26(22(28)29)11-10-18(19)24-21(17)27/h1-9,25H,10-11,13H2,(H,28,29). The molecule has 0 radical (unpaired) electrons. The molecule has 2 N–H and O–H groups in total. The normalized spacial score (nSPS) is 13.1. The van der Waals surface area contributed by atoms with Crippen molar-refractivity contribution in [1.82, 2.24) is 19.5 Å². The molecule has 0 fully saturated rings. The van der Waals surface area contributed by atoms with Crippen molar-refractivity contribution in [2.24, 2.45) is 0 Å². The largest absolute Gasteiger partial charge is 0.465 e. The number of hydrogen-bond donors (Lipinski definition) is 2. The molecule has 5 rings (SSSR count). The van der Waals surface area contributed by atoms with Crippen LogP contribution in [0.2, 0.25) is 0 Å². The van der Waals surface area contributed by atoms with E-state index in [2.05, 4.69) is 16.2 Å². The Hall–Kier alpha value is -4.25. The number of carbonyl (C=O) groups is 1. The SMILES string of the molecule is N#Cc1c(-c2ccc(Oc3ccccc3)cc2)[nH]n2c3c(nc12)CCN(C(=O)O)C3. The first-order valence-corrected chi connectivity index (χ1v) is 9.47. The third-order valence-corrected chi connectivity index (χ3v) is 5.22. The van der Waals surface area contributed by atoms with Crippen LogP contribution in [0.1, 0.15) is 17.0 Å². The summed E-state index contributed by atoms with van der Waals surface area (Å²) in [5.74, 6) is 1.44. The van der Waals surface area contributed by atoms with E-state index in [0.717, 1.165) is 22.7 Å². The molecule has 4 aromatic rings. The molecule has 0 unspecified atom stereocenters. The number of nitrogens with zero attached hydrogens (tertiary/aromatic N) is 4. The van der Waals surface area contributed by atoms with Crippen LogP contribution in [0.25, 0.3) is 16.9 Å². The zero-order valence-corrected chi connectivity index (χ0v) is 15.9. The lowest BCUT2D eigenvalue weighted by atomic mass is 10.1. The summed E-state index contributed by atoms with van der Waals surface area (Å²) in [6.45, 7) is 0.640. The monoisotopic (exact) mass is 399 g/mol. The number of hydrogen-bond acceptors (Lipinski definition) is 4. The molecular weight excluding hydrogens is 382 g/mol. The number of aromatic amines is 1. The topological polar surface area (TPSA) is 107 Å². The Kier molecular flexibility index (Phi) is 4.14. The van der Waals surface area contributed by atoms with E-state index in [4.69, 9.17) is 4.74 Å². The van der Waals surface area contributed by atoms with Crippen molar-refractivity contribution in [3.05, 3.63) is 71.5 Å². The fourth-order valence-electron chi connectivity index (χ4n) is 3.72. The van der Waals surface area contributed by atoms with Gasteiger partial charge in [-0.25, -0.2) is 14.3 Å². The first kappa shape index (κ1) is 17.8. The second kappa shape index (κ2) is 6.97. The Bertz CT molecular complexity index is 1280. The van der Waals surface area contributed by atoms with Crippen molar-refractivity contribution in [3.63, 3.8) is 0 Å². The van der Waals surface area contributed by atoms with E-state index in [0.29, 0.717) is 35.6 Å². The van der Waals surface area contributed by atoms with E-state index in [1.807, 2.05) is 54.6 Å². The number of fused-ring (bicyclic) bond motifs is 3. The molecule has 0 aliphatic carbocycles. The molecule has 8 heteroatoms. The number of rotatable bonds is 3. The van der Waals surface area contributed by atoms with Crippen molar-refractivity contribution in [3.8, 4) is 28.8 Å². The summed E-state index contributed by atoms with van der Waals surface area (Å²) in [4.78, 5) is 17.3. The van der Waals surface area contributed by atoms with E-state index in [9.17, 15) is 15.2 Å². The van der Waals surface area contributed by atoms with Crippen molar-refractivity contribution in [1.29, 1.82) is 5.26 Å². The van der Waals surface area contributed by atoms with Gasteiger partial charge >= 0.3 is 6.09 Å². The molecule has 0 saturated carbocycles. The van der Waals surface area contributed by atoms with Crippen molar-refractivity contribution >= 4 is 11.7 Å². The summed E-state index contributed by atoms with van der Waals surface area (Å²) in [5.41, 5.74) is 4.01. The van der Waals surface area contributed by atoms with Gasteiger partial charge in [-0.1, -0.05) is 18.2 Å². The maximum atomic E-state index is 11.4. The summed E-state index contributed by atoms with van der Waals surface area (Å²) in [6, 6.07) is 19.2. The van der Waals surface area contributed by atoms with Crippen LogP contribution in [0.4, 0.5) is 4.79 Å². The highest BCUT2D eigenvalue weighted by Gasteiger charge is 2.27. The molecule has 0 spiro atoms. The van der Waals surface area contributed by atoms with Gasteiger partial charge in [0.1, 0.15) is 23.1 Å². The van der Waals surface area contributed by atoms with Crippen LogP contribution in [0, 0.1) is 11.3 Å². The summed E-state index contributed by atoms with van der Waals surface area (Å²) in [7, 11) is 0. The van der Waals surface area contributed by atoms with Gasteiger partial charge in [0, 0.05) is 18.5 Å². The van der Waals surface area contributed by atoms with Crippen LogP contribution < -0.4 is 4.74 Å². The van der Waals surface area contributed by atoms with Gasteiger partial charge in [-0.3, -0.25) is 5.10 Å². The first-order valence-electron chi connectivity index (χ1n) is 9.47. The summed E-state index contributed by atoms with van der Waals surface area (Å²) >= 11 is 0. The summed E-state index contributed by atoms with van der Waals surface area (Å²) < 4.78 is 7.55. The van der Waals surface area contributed by atoms with Crippen LogP contribution in [-0.2, 0) is 13.0 Å². The highest BCUT2D eigenvalue weighted by atomic mass is 16.5. The molecule has 1 aliphatic rings. The Balaban J connectivity index is 1.50. The molecule has 148 valence electrons. The third kappa shape index (κ3) is 2.93. The van der Waals surface area contributed by atoms with Gasteiger partial charge in [0.25, 0.3) is 0 Å². The van der Waals surface area contributed by atoms with E-state index >= 15 is 0 Å². The molecule has 3 heterocycles. The van der Waals surface area contributed by atoms with Crippen molar-refractivity contribution < 1.29 is 14.6 Å². The molecule has 8 nitrogen and oxygen atoms in total. The number of nitriles is 1. The van der Waals surface area contributed by atoms with Gasteiger partial charge in [-0.15, -0.1) is 0 Å². The van der Waals surface area contributed by atoms with Gasteiger partial charge in [-0.05, 0) is 36.4 Å². The average Bonchev–Trinajstić information content (AvgIpc) is 3.30. The second-order valence-electron chi connectivity index (χ2n) is 7.03. The van der Waals surface area contributed by atoms with Crippen LogP contribution >= 0.6 is 0 Å². The quantitative estimate of drug-likeness (QED) is 0.541. The van der Waals surface area contributed by atoms with Crippen molar-refractivity contribution in [2.75, 3.05) is 6.54 Å². The molecule has 1 aliphatic heterocycles. The minimum absolute atomic E-state index is 0.237. The Morgan fingerprint density at radius 1 is 1.13 bits per heavy atom. The lowest BCUT2D eigenvalue weighted by molar-refractivity contribution is 0.138. The Labute approximate surface area is 171 Å². The van der Waals surface area contributed by atoms with Gasteiger partial charge < -0.3 is 14.7 Å². The highest BCUT2D eigenvalue weighted by Crippen LogP contribution is 2.31. The van der Waals surface area contributed by atoms with Crippen LogP contribution in [0.15, 0.2) is 54.6 Å². The minimum atomic E-state index is -0.961. The molecular formula is C22H17N5O3. The number of benzene rings is 2. The number of aromatic nitrogens is 3. The molecule has 1 amide bonds. The predicted octanol–water partition coefficient (Wildman–Crippen LogP) is 4.03. The summed E-state index contributed by atoms with van der Waals surface area (Å²) in [5, 5.41) is 22.3. The van der Waals surface area contributed by atoms with Gasteiger partial charge in [-0.2, -0.15) is 5.26 Å². The van der Waals surface area contributed by atoms with Crippen LogP contribution in [0.5, 0.6) is 11.5 Å². The van der Waals surface area contributed by atoms with E-state index in [1.165, 1.54) is 4.90 Å². The number of imidazole rings is 1. The number of para-hydroxylation sites is 1. The van der Waals surface area contributed by atoms with Crippen molar-refractivity contribution in [2.45, 2.75) is 13.0 Å². The molecule has 0 atom stereocenters. The molecule has 0 bridgehead atoms. The minimum Gasteiger partial charge on any atom is -0.465 e. The zero-order chi connectivity index (χ0) is 20.7. The molecule has 2 aromatic carbocycles. The number of nitrogens with one attached hydrogen (secondary N) is 1. The first-order chi connectivity index (χ1) is 14.6. The Morgan fingerprint density at radius 3 is 2.57 bits per heavy atom. The van der Waals surface area contributed by atoms with Gasteiger partial charge in [0.05, 0.1) is 23.6 Å². The van der Waals surface area contributed by atoms with Crippen LogP contribution in [0.3, 0.4) is 0 Å². The molecule has 30 heavy (non-hydrogen) atoms. The molecule has 0 saturated heterocycles. The average molecular weight is 399 g/mol. The number of H-pyrrole nitrogens is 1. The highest BCUT2D eigenvalue weighted by molar-refractivity contribution is 5.76. The van der Waals surface area contributed by atoms with E-state index in [1.54, 1.807) is 4.52 Å². The van der Waals surface area contributed by atoms with Crippen LogP contribution in [-0.4, -0.2) is 37.2 Å². The number of amides is 1. The smallest absolute Gasteiger partial charge is 0.407 e. The second-order valence-corrected chi connectivity index (χ2v) is 7.03. The number of carboxylic acid groups (broad SMARTS) is 1.